The predicted octanol–water partition coefficient (Wildman–Crippen LogP) is -0.0587. The van der Waals surface area contributed by atoms with Crippen LogP contribution in [0.15, 0.2) is 33.9 Å². The van der Waals surface area contributed by atoms with Crippen LogP contribution in [0.4, 0.5) is 0 Å². The van der Waals surface area contributed by atoms with Crippen LogP contribution in [0.1, 0.15) is 6.92 Å². The molecule has 0 aromatic carbocycles. The van der Waals surface area contributed by atoms with Crippen LogP contribution < -0.4 is 0 Å². The Hall–Kier alpha value is -1.20. The second-order valence-corrected chi connectivity index (χ2v) is 3.12. The summed E-state index contributed by atoms with van der Waals surface area (Å²) < 4.78 is 0. The highest BCUT2D eigenvalue weighted by Crippen LogP contribution is 2.20. The largest absolute Gasteiger partial charge is 0.488 e. The summed E-state index contributed by atoms with van der Waals surface area (Å²) in [6.45, 7) is 1.90. The summed E-state index contributed by atoms with van der Waals surface area (Å²) in [6.07, 6.45) is 5.23. The van der Waals surface area contributed by atoms with Gasteiger partial charge in [0.2, 0.25) is 0 Å². The Labute approximate surface area is 76.1 Å². The molecule has 66 valence electrons. The first-order valence-corrected chi connectivity index (χ1v) is 4.06. The van der Waals surface area contributed by atoms with Gasteiger partial charge in [0, 0.05) is 0 Å². The number of hydrogen-bond donors (Lipinski definition) is 2. The van der Waals surface area contributed by atoms with Gasteiger partial charge in [-0.05, 0) is 18.5 Å². The summed E-state index contributed by atoms with van der Waals surface area (Å²) >= 11 is 0. The fourth-order valence-electron chi connectivity index (χ4n) is 1.42. The van der Waals surface area contributed by atoms with Gasteiger partial charge in [0.05, 0.1) is 17.3 Å². The van der Waals surface area contributed by atoms with E-state index in [9.17, 15) is 0 Å². The van der Waals surface area contributed by atoms with E-state index in [0.29, 0.717) is 5.47 Å². The fraction of sp³-hybridized carbons (Fsp3) is 0.250. The fourth-order valence-corrected chi connectivity index (χ4v) is 1.42. The summed E-state index contributed by atoms with van der Waals surface area (Å²) in [5.41, 5.74) is 2.18. The van der Waals surface area contributed by atoms with E-state index in [1.54, 1.807) is 12.2 Å². The van der Waals surface area contributed by atoms with Gasteiger partial charge in [-0.3, -0.25) is 0 Å². The minimum absolute atomic E-state index is 0.127. The zero-order chi connectivity index (χ0) is 9.42. The standard InChI is InChI=1S/C8H9BN2O2/c1-5-7-3-2-6(9(12)13)4-8(7)11-10-5/h2-4,7,12-13H,1H3/t7-/m1/s1. The molecule has 1 heterocycles. The number of nitrogens with zero attached hydrogens (tertiary/aromatic N) is 2. The van der Waals surface area contributed by atoms with Crippen molar-refractivity contribution in [3.05, 3.63) is 23.7 Å². The van der Waals surface area contributed by atoms with Gasteiger partial charge in [-0.1, -0.05) is 12.2 Å². The highest BCUT2D eigenvalue weighted by molar-refractivity contribution is 6.53. The first-order chi connectivity index (χ1) is 6.18. The highest BCUT2D eigenvalue weighted by atomic mass is 16.4. The molecule has 0 bridgehead atoms. The van der Waals surface area contributed by atoms with E-state index in [4.69, 9.17) is 10.0 Å². The summed E-state index contributed by atoms with van der Waals surface area (Å²) in [4.78, 5) is 0. The van der Waals surface area contributed by atoms with Crippen LogP contribution in [0.2, 0.25) is 0 Å². The molecule has 0 spiro atoms. The number of allylic oxidation sites excluding steroid dienone is 4. The molecular weight excluding hydrogens is 167 g/mol. The Bertz CT molecular complexity index is 355. The van der Waals surface area contributed by atoms with Crippen LogP contribution in [-0.4, -0.2) is 28.6 Å². The van der Waals surface area contributed by atoms with E-state index in [-0.39, 0.29) is 5.92 Å². The highest BCUT2D eigenvalue weighted by Gasteiger charge is 2.25. The van der Waals surface area contributed by atoms with E-state index in [1.165, 1.54) is 0 Å². The molecule has 0 saturated heterocycles. The predicted molar refractivity (Wildman–Crippen MR) is 51.4 cm³/mol. The molecule has 0 fully saturated rings. The SMILES string of the molecule is CC1=NN=C2C=C(B(O)O)C=C[C@H]12. The normalized spacial score (nSPS) is 24.8. The summed E-state index contributed by atoms with van der Waals surface area (Å²) in [5, 5.41) is 25.7. The maximum absolute atomic E-state index is 8.91. The van der Waals surface area contributed by atoms with Crippen LogP contribution in [0.25, 0.3) is 0 Å². The molecule has 2 N–H and O–H groups in total. The van der Waals surface area contributed by atoms with Crippen LogP contribution >= 0.6 is 0 Å². The van der Waals surface area contributed by atoms with Gasteiger partial charge in [-0.25, -0.2) is 0 Å². The quantitative estimate of drug-likeness (QED) is 0.549. The zero-order valence-corrected chi connectivity index (χ0v) is 7.18. The van der Waals surface area contributed by atoms with Gasteiger partial charge in [0.25, 0.3) is 0 Å². The number of rotatable bonds is 1. The minimum atomic E-state index is -1.43. The lowest BCUT2D eigenvalue weighted by Gasteiger charge is -2.12. The maximum atomic E-state index is 8.91. The third-order valence-corrected chi connectivity index (χ3v) is 2.19. The Balaban J connectivity index is 2.28. The molecule has 4 nitrogen and oxygen atoms in total. The average molecular weight is 176 g/mol. The van der Waals surface area contributed by atoms with E-state index in [2.05, 4.69) is 10.2 Å². The molecule has 1 atom stereocenters. The van der Waals surface area contributed by atoms with Gasteiger partial charge >= 0.3 is 7.12 Å². The molecule has 0 saturated carbocycles. The van der Waals surface area contributed by atoms with Crippen LogP contribution in [0, 0.1) is 5.92 Å². The second kappa shape index (κ2) is 2.94. The minimum Gasteiger partial charge on any atom is -0.423 e. The van der Waals surface area contributed by atoms with E-state index in [1.807, 2.05) is 13.0 Å². The van der Waals surface area contributed by atoms with Gasteiger partial charge in [0.1, 0.15) is 0 Å². The molecule has 1 aliphatic carbocycles. The Morgan fingerprint density at radius 2 is 2.15 bits per heavy atom. The lowest BCUT2D eigenvalue weighted by molar-refractivity contribution is 0.420. The molecule has 2 rings (SSSR count). The monoisotopic (exact) mass is 176 g/mol. The Morgan fingerprint density at radius 1 is 1.38 bits per heavy atom. The Morgan fingerprint density at radius 3 is 2.85 bits per heavy atom. The zero-order valence-electron chi connectivity index (χ0n) is 7.18. The van der Waals surface area contributed by atoms with Crippen molar-refractivity contribution in [3.8, 4) is 0 Å². The van der Waals surface area contributed by atoms with Crippen molar-refractivity contribution in [1.82, 2.24) is 0 Å². The van der Waals surface area contributed by atoms with Crippen molar-refractivity contribution in [3.63, 3.8) is 0 Å². The second-order valence-electron chi connectivity index (χ2n) is 3.12. The molecule has 0 aromatic rings. The summed E-state index contributed by atoms with van der Waals surface area (Å²) in [7, 11) is -1.43. The van der Waals surface area contributed by atoms with Crippen molar-refractivity contribution in [2.24, 2.45) is 16.1 Å². The van der Waals surface area contributed by atoms with Crippen LogP contribution in [-0.2, 0) is 0 Å². The third kappa shape index (κ3) is 1.36. The van der Waals surface area contributed by atoms with Crippen LogP contribution in [0.3, 0.4) is 0 Å². The number of hydrogen-bond acceptors (Lipinski definition) is 4. The molecule has 0 aromatic heterocycles. The molecule has 2 aliphatic rings. The van der Waals surface area contributed by atoms with E-state index >= 15 is 0 Å². The maximum Gasteiger partial charge on any atom is 0.488 e. The van der Waals surface area contributed by atoms with Crippen molar-refractivity contribution < 1.29 is 10.0 Å². The van der Waals surface area contributed by atoms with Gasteiger partial charge in [0.15, 0.2) is 0 Å². The molecular formula is C8H9BN2O2. The van der Waals surface area contributed by atoms with Crippen LogP contribution in [0.5, 0.6) is 0 Å². The van der Waals surface area contributed by atoms with Crippen molar-refractivity contribution in [2.75, 3.05) is 0 Å². The van der Waals surface area contributed by atoms with Gasteiger partial charge in [-0.2, -0.15) is 10.2 Å². The molecule has 0 amide bonds. The van der Waals surface area contributed by atoms with E-state index < -0.39 is 7.12 Å². The topological polar surface area (TPSA) is 65.2 Å². The first kappa shape index (κ1) is 8.41. The van der Waals surface area contributed by atoms with Gasteiger partial charge in [-0.15, -0.1) is 0 Å². The van der Waals surface area contributed by atoms with Crippen molar-refractivity contribution >= 4 is 18.5 Å². The smallest absolute Gasteiger partial charge is 0.423 e. The first-order valence-electron chi connectivity index (χ1n) is 4.06. The lowest BCUT2D eigenvalue weighted by Crippen LogP contribution is -2.22. The summed E-state index contributed by atoms with van der Waals surface area (Å²) in [5.74, 6) is 0.127. The third-order valence-electron chi connectivity index (χ3n) is 2.19. The molecule has 5 heteroatoms. The molecule has 13 heavy (non-hydrogen) atoms. The lowest BCUT2D eigenvalue weighted by atomic mass is 9.74. The Kier molecular flexibility index (Phi) is 1.90. The van der Waals surface area contributed by atoms with Gasteiger partial charge < -0.3 is 10.0 Å². The van der Waals surface area contributed by atoms with Crippen molar-refractivity contribution in [1.29, 1.82) is 0 Å². The molecule has 1 aliphatic heterocycles. The summed E-state index contributed by atoms with van der Waals surface area (Å²) in [6, 6.07) is 0. The molecule has 0 radical (unpaired) electrons. The van der Waals surface area contributed by atoms with E-state index in [0.717, 1.165) is 11.4 Å². The van der Waals surface area contributed by atoms with Crippen molar-refractivity contribution in [2.45, 2.75) is 6.92 Å². The molecule has 0 unspecified atom stereocenters. The number of fused-ring (bicyclic) bond motifs is 1. The average Bonchev–Trinajstić information content (AvgIpc) is 2.47.